The zero-order valence-corrected chi connectivity index (χ0v) is 14.8. The van der Waals surface area contributed by atoms with Crippen molar-refractivity contribution in [2.24, 2.45) is 0 Å². The first kappa shape index (κ1) is 16.6. The number of aromatic nitrogens is 1. The Morgan fingerprint density at radius 1 is 1.04 bits per heavy atom. The fourth-order valence-electron chi connectivity index (χ4n) is 2.34. The second-order valence-corrected chi connectivity index (χ2v) is 7.72. The highest BCUT2D eigenvalue weighted by molar-refractivity contribution is 9.10. The minimum Gasteiger partial charge on any atom is -0.274 e. The Labute approximate surface area is 147 Å². The number of hydrogen-bond donors (Lipinski definition) is 1. The molecule has 7 heteroatoms. The first-order valence-corrected chi connectivity index (χ1v) is 9.37. The topological polar surface area (TPSA) is 76.1 Å². The molecule has 0 unspecified atom stereocenters. The fourth-order valence-corrected chi connectivity index (χ4v) is 3.80. The Morgan fingerprint density at radius 2 is 1.79 bits per heavy atom. The largest absolute Gasteiger partial charge is 0.274 e. The summed E-state index contributed by atoms with van der Waals surface area (Å²) in [5.41, 5.74) is 1.28. The van der Waals surface area contributed by atoms with Crippen LogP contribution in [-0.4, -0.2) is 19.3 Å². The van der Waals surface area contributed by atoms with Crippen LogP contribution in [0.1, 0.15) is 5.56 Å². The maximum absolute atomic E-state index is 12.5. The summed E-state index contributed by atoms with van der Waals surface area (Å²) in [5, 5.41) is 0.476. The van der Waals surface area contributed by atoms with E-state index in [-0.39, 0.29) is 11.3 Å². The molecular formula is C17H13BrN2O3S. The number of hydrogen-bond acceptors (Lipinski definition) is 4. The summed E-state index contributed by atoms with van der Waals surface area (Å²) < 4.78 is 28.1. The van der Waals surface area contributed by atoms with E-state index in [1.165, 1.54) is 6.07 Å². The number of pyridine rings is 1. The van der Waals surface area contributed by atoms with Gasteiger partial charge in [0.05, 0.1) is 16.8 Å². The average Bonchev–Trinajstić information content (AvgIpc) is 2.56. The molecule has 0 atom stereocenters. The van der Waals surface area contributed by atoms with Crippen molar-refractivity contribution in [1.82, 2.24) is 9.71 Å². The molecule has 0 bridgehead atoms. The average molecular weight is 405 g/mol. The van der Waals surface area contributed by atoms with E-state index in [0.29, 0.717) is 10.9 Å². The third-order valence-electron chi connectivity index (χ3n) is 3.42. The minimum atomic E-state index is -3.96. The lowest BCUT2D eigenvalue weighted by Gasteiger charge is -2.09. The Morgan fingerprint density at radius 3 is 2.54 bits per heavy atom. The maximum atomic E-state index is 12.5. The van der Waals surface area contributed by atoms with E-state index in [2.05, 4.69) is 25.6 Å². The standard InChI is InChI=1S/C17H13BrN2O3S/c18-13-8-6-12(7-9-13)11-17(21)20-24(22,23)16-5-1-4-15-14(16)3-2-10-19-15/h1-10H,11H2,(H,20,21). The fraction of sp³-hybridized carbons (Fsp3) is 0.0588. The number of nitrogens with zero attached hydrogens (tertiary/aromatic N) is 1. The molecule has 122 valence electrons. The van der Waals surface area contributed by atoms with E-state index in [1.807, 2.05) is 0 Å². The second kappa shape index (κ2) is 6.70. The molecule has 3 rings (SSSR count). The summed E-state index contributed by atoms with van der Waals surface area (Å²) in [7, 11) is -3.96. The summed E-state index contributed by atoms with van der Waals surface area (Å²) in [5.74, 6) is -0.585. The summed E-state index contributed by atoms with van der Waals surface area (Å²) in [4.78, 5) is 16.3. The normalized spacial score (nSPS) is 11.4. The molecule has 0 radical (unpaired) electrons. The molecule has 0 spiro atoms. The Hall–Kier alpha value is -2.25. The molecule has 0 aliphatic carbocycles. The van der Waals surface area contributed by atoms with E-state index in [0.717, 1.165) is 10.0 Å². The van der Waals surface area contributed by atoms with Gasteiger partial charge in [-0.15, -0.1) is 0 Å². The number of carbonyl (C=O) groups is 1. The number of amides is 1. The van der Waals surface area contributed by atoms with Crippen molar-refractivity contribution >= 4 is 42.8 Å². The van der Waals surface area contributed by atoms with Crippen molar-refractivity contribution in [3.63, 3.8) is 0 Å². The number of rotatable bonds is 4. The molecule has 0 aliphatic heterocycles. The van der Waals surface area contributed by atoms with Crippen LogP contribution in [0.4, 0.5) is 0 Å². The summed E-state index contributed by atoms with van der Waals surface area (Å²) in [6.07, 6.45) is 1.57. The molecule has 0 aliphatic rings. The molecule has 2 aromatic carbocycles. The third kappa shape index (κ3) is 3.63. The highest BCUT2D eigenvalue weighted by atomic mass is 79.9. The zero-order chi connectivity index (χ0) is 17.2. The van der Waals surface area contributed by atoms with Gasteiger partial charge in [0.1, 0.15) is 0 Å². The van der Waals surface area contributed by atoms with Crippen LogP contribution >= 0.6 is 15.9 Å². The van der Waals surface area contributed by atoms with Gasteiger partial charge in [0.25, 0.3) is 10.0 Å². The Kier molecular flexibility index (Phi) is 4.64. The van der Waals surface area contributed by atoms with Gasteiger partial charge < -0.3 is 0 Å². The van der Waals surface area contributed by atoms with Crippen molar-refractivity contribution < 1.29 is 13.2 Å². The molecule has 1 heterocycles. The zero-order valence-electron chi connectivity index (χ0n) is 12.4. The molecule has 0 saturated heterocycles. The number of benzene rings is 2. The maximum Gasteiger partial charge on any atom is 0.264 e. The lowest BCUT2D eigenvalue weighted by atomic mass is 10.1. The highest BCUT2D eigenvalue weighted by Gasteiger charge is 2.20. The Balaban J connectivity index is 1.85. The predicted molar refractivity (Wildman–Crippen MR) is 94.9 cm³/mol. The third-order valence-corrected chi connectivity index (χ3v) is 5.38. The molecule has 1 N–H and O–H groups in total. The summed E-state index contributed by atoms with van der Waals surface area (Å²) >= 11 is 3.31. The van der Waals surface area contributed by atoms with Gasteiger partial charge in [-0.05, 0) is 42.0 Å². The van der Waals surface area contributed by atoms with Gasteiger partial charge in [-0.1, -0.05) is 34.1 Å². The summed E-state index contributed by atoms with van der Waals surface area (Å²) in [6, 6.07) is 15.2. The minimum absolute atomic E-state index is 0.0183. The molecule has 5 nitrogen and oxygen atoms in total. The van der Waals surface area contributed by atoms with E-state index in [4.69, 9.17) is 0 Å². The first-order valence-electron chi connectivity index (χ1n) is 7.09. The van der Waals surface area contributed by atoms with E-state index in [1.54, 1.807) is 54.7 Å². The van der Waals surface area contributed by atoms with Crippen molar-refractivity contribution in [2.45, 2.75) is 11.3 Å². The van der Waals surface area contributed by atoms with Crippen LogP contribution in [0.5, 0.6) is 0 Å². The molecule has 0 fully saturated rings. The predicted octanol–water partition coefficient (Wildman–Crippen LogP) is 3.04. The van der Waals surface area contributed by atoms with Crippen molar-refractivity contribution in [3.8, 4) is 0 Å². The lowest BCUT2D eigenvalue weighted by molar-refractivity contribution is -0.118. The van der Waals surface area contributed by atoms with Crippen LogP contribution < -0.4 is 4.72 Å². The van der Waals surface area contributed by atoms with Gasteiger partial charge in [0, 0.05) is 16.1 Å². The van der Waals surface area contributed by atoms with Gasteiger partial charge in [-0.3, -0.25) is 9.78 Å². The first-order chi connectivity index (χ1) is 11.5. The van der Waals surface area contributed by atoms with Crippen LogP contribution in [0, 0.1) is 0 Å². The van der Waals surface area contributed by atoms with Crippen LogP contribution in [-0.2, 0) is 21.2 Å². The van der Waals surface area contributed by atoms with Crippen LogP contribution in [0.3, 0.4) is 0 Å². The monoisotopic (exact) mass is 404 g/mol. The van der Waals surface area contributed by atoms with Crippen LogP contribution in [0.15, 0.2) is 70.2 Å². The quantitative estimate of drug-likeness (QED) is 0.724. The summed E-state index contributed by atoms with van der Waals surface area (Å²) in [6.45, 7) is 0. The van der Waals surface area contributed by atoms with E-state index in [9.17, 15) is 13.2 Å². The van der Waals surface area contributed by atoms with Crippen molar-refractivity contribution in [3.05, 3.63) is 70.8 Å². The van der Waals surface area contributed by atoms with Crippen LogP contribution in [0.25, 0.3) is 10.9 Å². The van der Waals surface area contributed by atoms with Crippen LogP contribution in [0.2, 0.25) is 0 Å². The smallest absolute Gasteiger partial charge is 0.264 e. The van der Waals surface area contributed by atoms with Gasteiger partial charge >= 0.3 is 0 Å². The molecule has 24 heavy (non-hydrogen) atoms. The molecular weight excluding hydrogens is 392 g/mol. The molecule has 0 saturated carbocycles. The SMILES string of the molecule is O=C(Cc1ccc(Br)cc1)NS(=O)(=O)c1cccc2ncccc12. The number of halogens is 1. The van der Waals surface area contributed by atoms with E-state index < -0.39 is 15.9 Å². The van der Waals surface area contributed by atoms with E-state index >= 15 is 0 Å². The molecule has 1 amide bonds. The second-order valence-electron chi connectivity index (χ2n) is 5.16. The van der Waals surface area contributed by atoms with Gasteiger partial charge in [-0.2, -0.15) is 0 Å². The van der Waals surface area contributed by atoms with Gasteiger partial charge in [-0.25, -0.2) is 13.1 Å². The lowest BCUT2D eigenvalue weighted by Crippen LogP contribution is -2.31. The molecule has 3 aromatic rings. The number of fused-ring (bicyclic) bond motifs is 1. The molecule has 1 aromatic heterocycles. The van der Waals surface area contributed by atoms with Crippen molar-refractivity contribution in [2.75, 3.05) is 0 Å². The van der Waals surface area contributed by atoms with Crippen molar-refractivity contribution in [1.29, 1.82) is 0 Å². The van der Waals surface area contributed by atoms with Gasteiger partial charge in [0.15, 0.2) is 0 Å². The number of sulfonamides is 1. The highest BCUT2D eigenvalue weighted by Crippen LogP contribution is 2.21. The number of nitrogens with one attached hydrogen (secondary N) is 1. The number of carbonyl (C=O) groups excluding carboxylic acids is 1. The van der Waals surface area contributed by atoms with Gasteiger partial charge in [0.2, 0.25) is 5.91 Å². The Bertz CT molecular complexity index is 997.